The van der Waals surface area contributed by atoms with Gasteiger partial charge in [0, 0.05) is 13.1 Å². The molecule has 1 atom stereocenters. The first-order valence-corrected chi connectivity index (χ1v) is 7.41. The summed E-state index contributed by atoms with van der Waals surface area (Å²) in [5.41, 5.74) is 7.40. The zero-order valence-corrected chi connectivity index (χ0v) is 12.7. The van der Waals surface area contributed by atoms with Crippen LogP contribution in [0.25, 0.3) is 0 Å². The smallest absolute Gasteiger partial charge is 0.144 e. The summed E-state index contributed by atoms with van der Waals surface area (Å²) in [4.78, 5) is 2.25. The Morgan fingerprint density at radius 3 is 2.75 bits per heavy atom. The number of aliphatic hydroxyl groups is 1. The molecular weight excluding hydrogens is 252 g/mol. The number of rotatable bonds is 3. The number of hydrogen-bond donors (Lipinski definition) is 2. The third kappa shape index (κ3) is 3.57. The molecular formula is C16H26N2O2. The van der Waals surface area contributed by atoms with Gasteiger partial charge in [-0.05, 0) is 52.2 Å². The maximum atomic E-state index is 10.2. The molecule has 1 fully saturated rings. The van der Waals surface area contributed by atoms with E-state index in [9.17, 15) is 5.11 Å². The average molecular weight is 278 g/mol. The van der Waals surface area contributed by atoms with E-state index in [0.29, 0.717) is 5.69 Å². The topological polar surface area (TPSA) is 58.7 Å². The van der Waals surface area contributed by atoms with Gasteiger partial charge < -0.3 is 20.5 Å². The highest BCUT2D eigenvalue weighted by Crippen LogP contribution is 2.35. The van der Waals surface area contributed by atoms with Gasteiger partial charge in [-0.1, -0.05) is 6.07 Å². The van der Waals surface area contributed by atoms with Gasteiger partial charge in [-0.15, -0.1) is 0 Å². The lowest BCUT2D eigenvalue weighted by molar-refractivity contribution is 0.0481. The van der Waals surface area contributed by atoms with E-state index in [0.717, 1.165) is 43.8 Å². The Balaban J connectivity index is 2.20. The van der Waals surface area contributed by atoms with Crippen molar-refractivity contribution in [3.8, 4) is 5.75 Å². The van der Waals surface area contributed by atoms with Gasteiger partial charge in [0.15, 0.2) is 0 Å². The number of nitrogen functional groups attached to an aromatic ring is 1. The minimum atomic E-state index is -0.560. The van der Waals surface area contributed by atoms with E-state index in [1.165, 1.54) is 0 Å². The van der Waals surface area contributed by atoms with Crippen LogP contribution in [0.2, 0.25) is 0 Å². The van der Waals surface area contributed by atoms with E-state index in [1.54, 1.807) is 0 Å². The highest BCUT2D eigenvalue weighted by Gasteiger charge is 2.26. The number of ether oxygens (including phenoxy) is 1. The summed E-state index contributed by atoms with van der Waals surface area (Å²) in [5, 5.41) is 10.2. The maximum Gasteiger partial charge on any atom is 0.144 e. The first-order valence-electron chi connectivity index (χ1n) is 7.41. The third-order valence-corrected chi connectivity index (χ3v) is 3.81. The molecule has 0 spiro atoms. The number of nitrogens with two attached hydrogens (primary N) is 1. The number of nitrogens with zero attached hydrogens (tertiary/aromatic N) is 1. The van der Waals surface area contributed by atoms with Crippen LogP contribution in [0.4, 0.5) is 11.4 Å². The molecule has 2 rings (SSSR count). The minimum Gasteiger partial charge on any atom is -0.489 e. The fraction of sp³-hybridized carbons (Fsp3) is 0.625. The first-order chi connectivity index (χ1) is 9.39. The standard InChI is InChI=1S/C16H26N2O2/c1-12(2)20-14-7-4-6-13(15(14)17)18-10-5-8-16(3,19)9-11-18/h4,6-7,12,19H,5,8-11,17H2,1-3H3. The van der Waals surface area contributed by atoms with E-state index < -0.39 is 5.60 Å². The Hall–Kier alpha value is -1.42. The third-order valence-electron chi connectivity index (χ3n) is 3.81. The predicted molar refractivity (Wildman–Crippen MR) is 83.3 cm³/mol. The van der Waals surface area contributed by atoms with Crippen LogP contribution in [0.15, 0.2) is 18.2 Å². The molecule has 1 saturated heterocycles. The Kier molecular flexibility index (Phi) is 4.43. The largest absolute Gasteiger partial charge is 0.489 e. The zero-order valence-electron chi connectivity index (χ0n) is 12.7. The van der Waals surface area contributed by atoms with Gasteiger partial charge in [0.1, 0.15) is 5.75 Å². The molecule has 1 heterocycles. The van der Waals surface area contributed by atoms with Crippen molar-refractivity contribution in [1.29, 1.82) is 0 Å². The summed E-state index contributed by atoms with van der Waals surface area (Å²) in [6.45, 7) is 7.65. The summed E-state index contributed by atoms with van der Waals surface area (Å²) in [7, 11) is 0. The van der Waals surface area contributed by atoms with Crippen LogP contribution in [0.5, 0.6) is 5.75 Å². The molecule has 1 aliphatic rings. The number of para-hydroxylation sites is 1. The van der Waals surface area contributed by atoms with Gasteiger partial charge in [-0.25, -0.2) is 0 Å². The molecule has 1 aromatic rings. The summed E-state index contributed by atoms with van der Waals surface area (Å²) in [6.07, 6.45) is 2.69. The van der Waals surface area contributed by atoms with Crippen molar-refractivity contribution in [3.63, 3.8) is 0 Å². The van der Waals surface area contributed by atoms with Crippen molar-refractivity contribution in [1.82, 2.24) is 0 Å². The molecule has 1 aromatic carbocycles. The maximum absolute atomic E-state index is 10.2. The molecule has 112 valence electrons. The summed E-state index contributed by atoms with van der Waals surface area (Å²) in [5.74, 6) is 0.744. The average Bonchev–Trinajstić information content (AvgIpc) is 2.53. The molecule has 0 amide bonds. The van der Waals surface area contributed by atoms with Crippen LogP contribution in [0, 0.1) is 0 Å². The van der Waals surface area contributed by atoms with Crippen LogP contribution >= 0.6 is 0 Å². The molecule has 0 radical (unpaired) electrons. The lowest BCUT2D eigenvalue weighted by atomic mass is 9.98. The molecule has 0 bridgehead atoms. The summed E-state index contributed by atoms with van der Waals surface area (Å²) in [6, 6.07) is 5.92. The van der Waals surface area contributed by atoms with Crippen molar-refractivity contribution in [2.45, 2.75) is 51.7 Å². The first kappa shape index (κ1) is 15.0. The van der Waals surface area contributed by atoms with Crippen LogP contribution in [-0.4, -0.2) is 29.9 Å². The molecule has 0 aromatic heterocycles. The van der Waals surface area contributed by atoms with Gasteiger partial charge in [0.05, 0.1) is 23.1 Å². The van der Waals surface area contributed by atoms with Crippen molar-refractivity contribution in [3.05, 3.63) is 18.2 Å². The fourth-order valence-electron chi connectivity index (χ4n) is 2.67. The quantitative estimate of drug-likeness (QED) is 0.835. The van der Waals surface area contributed by atoms with E-state index in [1.807, 2.05) is 39.0 Å². The lowest BCUT2D eigenvalue weighted by Crippen LogP contribution is -2.28. The molecule has 4 nitrogen and oxygen atoms in total. The molecule has 0 saturated carbocycles. The van der Waals surface area contributed by atoms with Crippen LogP contribution < -0.4 is 15.4 Å². The summed E-state index contributed by atoms with van der Waals surface area (Å²) >= 11 is 0. The van der Waals surface area contributed by atoms with Crippen molar-refractivity contribution in [2.24, 2.45) is 0 Å². The molecule has 1 unspecified atom stereocenters. The molecule has 1 aliphatic heterocycles. The van der Waals surface area contributed by atoms with Gasteiger partial charge in [0.2, 0.25) is 0 Å². The SMILES string of the molecule is CC(C)Oc1cccc(N2CCCC(C)(O)CC2)c1N. The second-order valence-corrected chi connectivity index (χ2v) is 6.19. The normalized spacial score (nSPS) is 23.8. The Labute approximate surface area is 121 Å². The van der Waals surface area contributed by atoms with Gasteiger partial charge in [0.25, 0.3) is 0 Å². The fourth-order valence-corrected chi connectivity index (χ4v) is 2.67. The van der Waals surface area contributed by atoms with Crippen molar-refractivity contribution < 1.29 is 9.84 Å². The number of benzene rings is 1. The number of hydrogen-bond acceptors (Lipinski definition) is 4. The van der Waals surface area contributed by atoms with E-state index in [4.69, 9.17) is 10.5 Å². The van der Waals surface area contributed by atoms with E-state index in [-0.39, 0.29) is 6.10 Å². The van der Waals surface area contributed by atoms with Gasteiger partial charge >= 0.3 is 0 Å². The lowest BCUT2D eigenvalue weighted by Gasteiger charge is -2.26. The second-order valence-electron chi connectivity index (χ2n) is 6.19. The molecule has 3 N–H and O–H groups in total. The number of anilines is 2. The van der Waals surface area contributed by atoms with Crippen LogP contribution in [0.3, 0.4) is 0 Å². The molecule has 20 heavy (non-hydrogen) atoms. The molecule has 4 heteroatoms. The van der Waals surface area contributed by atoms with E-state index in [2.05, 4.69) is 4.90 Å². The Morgan fingerprint density at radius 1 is 1.30 bits per heavy atom. The zero-order chi connectivity index (χ0) is 14.8. The highest BCUT2D eigenvalue weighted by molar-refractivity contribution is 5.74. The van der Waals surface area contributed by atoms with Gasteiger partial charge in [-0.2, -0.15) is 0 Å². The van der Waals surface area contributed by atoms with Crippen LogP contribution in [0.1, 0.15) is 40.0 Å². The molecule has 0 aliphatic carbocycles. The van der Waals surface area contributed by atoms with E-state index >= 15 is 0 Å². The Bertz CT molecular complexity index is 458. The van der Waals surface area contributed by atoms with Crippen molar-refractivity contribution in [2.75, 3.05) is 23.7 Å². The van der Waals surface area contributed by atoms with Gasteiger partial charge in [-0.3, -0.25) is 0 Å². The predicted octanol–water partition coefficient (Wildman–Crippen LogP) is 2.80. The second kappa shape index (κ2) is 5.92. The van der Waals surface area contributed by atoms with Crippen LogP contribution in [-0.2, 0) is 0 Å². The van der Waals surface area contributed by atoms with Crippen molar-refractivity contribution >= 4 is 11.4 Å². The highest BCUT2D eigenvalue weighted by atomic mass is 16.5. The minimum absolute atomic E-state index is 0.109. The monoisotopic (exact) mass is 278 g/mol. The summed E-state index contributed by atoms with van der Waals surface area (Å²) < 4.78 is 5.75. The Morgan fingerprint density at radius 2 is 2.05 bits per heavy atom.